The van der Waals surface area contributed by atoms with Crippen molar-refractivity contribution in [3.05, 3.63) is 65.5 Å². The SMILES string of the molecule is Cc1cccc(CN2CCC([C@@]3(CCc4ccccc4)NC(=O)NC3=O)CC2)n1. The zero-order valence-electron chi connectivity index (χ0n) is 16.9. The number of pyridine rings is 1. The molecule has 0 aliphatic carbocycles. The van der Waals surface area contributed by atoms with Gasteiger partial charge in [-0.05, 0) is 69.3 Å². The van der Waals surface area contributed by atoms with E-state index in [0.29, 0.717) is 6.42 Å². The summed E-state index contributed by atoms with van der Waals surface area (Å²) in [5.74, 6) is -0.0309. The number of hydrogen-bond acceptors (Lipinski definition) is 4. The number of nitrogens with one attached hydrogen (secondary N) is 2. The van der Waals surface area contributed by atoms with Crippen molar-refractivity contribution in [1.82, 2.24) is 20.5 Å². The Morgan fingerprint density at radius 2 is 1.83 bits per heavy atom. The molecule has 2 saturated heterocycles. The zero-order chi connectivity index (χ0) is 20.3. The van der Waals surface area contributed by atoms with E-state index in [4.69, 9.17) is 0 Å². The summed E-state index contributed by atoms with van der Waals surface area (Å²) < 4.78 is 0. The molecule has 6 heteroatoms. The number of hydrogen-bond donors (Lipinski definition) is 2. The maximum absolute atomic E-state index is 12.8. The number of likely N-dealkylation sites (tertiary alicyclic amines) is 1. The van der Waals surface area contributed by atoms with Crippen LogP contribution in [0.25, 0.3) is 0 Å². The summed E-state index contributed by atoms with van der Waals surface area (Å²) in [6.07, 6.45) is 3.16. The van der Waals surface area contributed by atoms with Crippen molar-refractivity contribution in [2.45, 2.75) is 44.7 Å². The van der Waals surface area contributed by atoms with Crippen molar-refractivity contribution >= 4 is 11.9 Å². The van der Waals surface area contributed by atoms with Gasteiger partial charge in [0.2, 0.25) is 0 Å². The van der Waals surface area contributed by atoms with E-state index in [9.17, 15) is 9.59 Å². The standard InChI is InChI=1S/C23H28N4O2/c1-17-6-5-9-20(24-17)16-27-14-11-19(12-15-27)23(21(28)25-22(29)26-23)13-10-18-7-3-2-4-8-18/h2-9,19H,10-16H2,1H3,(H2,25,26,28,29)/t23-/m1/s1. The van der Waals surface area contributed by atoms with Crippen molar-refractivity contribution in [1.29, 1.82) is 0 Å². The van der Waals surface area contributed by atoms with E-state index in [1.165, 1.54) is 5.56 Å². The highest BCUT2D eigenvalue weighted by atomic mass is 16.2. The number of amides is 3. The molecule has 0 saturated carbocycles. The Hall–Kier alpha value is -2.73. The van der Waals surface area contributed by atoms with E-state index in [2.05, 4.69) is 38.7 Å². The predicted molar refractivity (Wildman–Crippen MR) is 111 cm³/mol. The van der Waals surface area contributed by atoms with Gasteiger partial charge in [0.25, 0.3) is 5.91 Å². The maximum atomic E-state index is 12.8. The number of imide groups is 1. The Balaban J connectivity index is 1.42. The normalized spacial score (nSPS) is 23.1. The molecule has 2 aliphatic rings. The monoisotopic (exact) mass is 392 g/mol. The summed E-state index contributed by atoms with van der Waals surface area (Å²) in [5.41, 5.74) is 2.49. The summed E-state index contributed by atoms with van der Waals surface area (Å²) in [4.78, 5) is 31.8. The number of benzene rings is 1. The van der Waals surface area contributed by atoms with E-state index in [0.717, 1.165) is 50.3 Å². The summed E-state index contributed by atoms with van der Waals surface area (Å²) in [7, 11) is 0. The molecular formula is C23H28N4O2. The van der Waals surface area contributed by atoms with Crippen LogP contribution in [0, 0.1) is 12.8 Å². The summed E-state index contributed by atoms with van der Waals surface area (Å²) in [6, 6.07) is 15.9. The van der Waals surface area contributed by atoms with Crippen LogP contribution in [0.15, 0.2) is 48.5 Å². The van der Waals surface area contributed by atoms with E-state index < -0.39 is 5.54 Å². The van der Waals surface area contributed by atoms with Crippen molar-refractivity contribution in [2.75, 3.05) is 13.1 Å². The number of aromatic nitrogens is 1. The topological polar surface area (TPSA) is 74.3 Å². The highest BCUT2D eigenvalue weighted by Gasteiger charge is 2.51. The lowest BCUT2D eigenvalue weighted by Crippen LogP contribution is -2.56. The smallest absolute Gasteiger partial charge is 0.322 e. The number of urea groups is 1. The van der Waals surface area contributed by atoms with Gasteiger partial charge in [-0.1, -0.05) is 36.4 Å². The van der Waals surface area contributed by atoms with Crippen molar-refractivity contribution in [3.63, 3.8) is 0 Å². The Kier molecular flexibility index (Phi) is 5.62. The highest BCUT2D eigenvalue weighted by molar-refractivity contribution is 6.07. The molecule has 2 aromatic rings. The zero-order valence-corrected chi connectivity index (χ0v) is 16.9. The lowest BCUT2D eigenvalue weighted by Gasteiger charge is -2.40. The number of carbonyl (C=O) groups excluding carboxylic acids is 2. The maximum Gasteiger partial charge on any atom is 0.322 e. The molecule has 0 unspecified atom stereocenters. The fourth-order valence-electron chi connectivity index (χ4n) is 4.66. The minimum Gasteiger partial charge on any atom is -0.323 e. The molecule has 2 aliphatic heterocycles. The van der Waals surface area contributed by atoms with Gasteiger partial charge < -0.3 is 5.32 Å². The first-order valence-electron chi connectivity index (χ1n) is 10.4. The molecule has 1 atom stereocenters. The summed E-state index contributed by atoms with van der Waals surface area (Å²) >= 11 is 0. The molecule has 3 amide bonds. The average molecular weight is 393 g/mol. The molecule has 6 nitrogen and oxygen atoms in total. The van der Waals surface area contributed by atoms with E-state index in [-0.39, 0.29) is 17.9 Å². The second-order valence-corrected chi connectivity index (χ2v) is 8.19. The third kappa shape index (κ3) is 4.32. The van der Waals surface area contributed by atoms with Crippen LogP contribution in [-0.2, 0) is 17.8 Å². The molecule has 3 heterocycles. The Labute approximate surface area is 171 Å². The molecule has 4 rings (SSSR count). The second kappa shape index (κ2) is 8.33. The van der Waals surface area contributed by atoms with Crippen LogP contribution in [0.3, 0.4) is 0 Å². The molecular weight excluding hydrogens is 364 g/mol. The average Bonchev–Trinajstić information content (AvgIpc) is 3.02. The van der Waals surface area contributed by atoms with Crippen LogP contribution in [0.5, 0.6) is 0 Å². The lowest BCUT2D eigenvalue weighted by molar-refractivity contribution is -0.127. The van der Waals surface area contributed by atoms with Crippen molar-refractivity contribution < 1.29 is 9.59 Å². The molecule has 0 spiro atoms. The van der Waals surface area contributed by atoms with Crippen LogP contribution >= 0.6 is 0 Å². The van der Waals surface area contributed by atoms with Crippen molar-refractivity contribution in [2.24, 2.45) is 5.92 Å². The lowest BCUT2D eigenvalue weighted by atomic mass is 9.74. The number of aryl methyl sites for hydroxylation is 2. The first kappa shape index (κ1) is 19.6. The van der Waals surface area contributed by atoms with Gasteiger partial charge >= 0.3 is 6.03 Å². The number of nitrogens with zero attached hydrogens (tertiary/aromatic N) is 2. The Morgan fingerprint density at radius 1 is 1.07 bits per heavy atom. The number of carbonyl (C=O) groups is 2. The van der Waals surface area contributed by atoms with Gasteiger partial charge in [0, 0.05) is 12.2 Å². The minimum atomic E-state index is -0.805. The van der Waals surface area contributed by atoms with Gasteiger partial charge in [0.15, 0.2) is 0 Å². The van der Waals surface area contributed by atoms with E-state index >= 15 is 0 Å². The van der Waals surface area contributed by atoms with E-state index in [1.54, 1.807) is 0 Å². The first-order valence-corrected chi connectivity index (χ1v) is 10.4. The second-order valence-electron chi connectivity index (χ2n) is 8.19. The minimum absolute atomic E-state index is 0.138. The molecule has 2 fully saturated rings. The fraction of sp³-hybridized carbons (Fsp3) is 0.435. The molecule has 152 valence electrons. The van der Waals surface area contributed by atoms with Gasteiger partial charge in [-0.3, -0.25) is 20.0 Å². The van der Waals surface area contributed by atoms with Gasteiger partial charge in [0.1, 0.15) is 5.54 Å². The Bertz CT molecular complexity index is 877. The van der Waals surface area contributed by atoms with Crippen LogP contribution in [0.2, 0.25) is 0 Å². The van der Waals surface area contributed by atoms with Gasteiger partial charge in [0.05, 0.1) is 5.69 Å². The molecule has 0 bridgehead atoms. The van der Waals surface area contributed by atoms with Crippen LogP contribution < -0.4 is 10.6 Å². The largest absolute Gasteiger partial charge is 0.323 e. The summed E-state index contributed by atoms with van der Waals surface area (Å²) in [5, 5.41) is 5.48. The molecule has 1 aromatic heterocycles. The molecule has 1 aromatic carbocycles. The first-order chi connectivity index (χ1) is 14.0. The van der Waals surface area contributed by atoms with Gasteiger partial charge in [-0.15, -0.1) is 0 Å². The van der Waals surface area contributed by atoms with E-state index in [1.807, 2.05) is 37.3 Å². The van der Waals surface area contributed by atoms with Crippen molar-refractivity contribution in [3.8, 4) is 0 Å². The third-order valence-corrected chi connectivity index (χ3v) is 6.24. The number of rotatable bonds is 6. The molecule has 29 heavy (non-hydrogen) atoms. The van der Waals surface area contributed by atoms with Crippen LogP contribution in [0.4, 0.5) is 4.79 Å². The van der Waals surface area contributed by atoms with Crippen LogP contribution in [0.1, 0.15) is 36.2 Å². The van der Waals surface area contributed by atoms with Gasteiger partial charge in [-0.2, -0.15) is 0 Å². The van der Waals surface area contributed by atoms with Crippen LogP contribution in [-0.4, -0.2) is 40.5 Å². The summed E-state index contributed by atoms with van der Waals surface area (Å²) in [6.45, 7) is 4.63. The Morgan fingerprint density at radius 3 is 2.48 bits per heavy atom. The highest BCUT2D eigenvalue weighted by Crippen LogP contribution is 2.35. The molecule has 0 radical (unpaired) electrons. The fourth-order valence-corrected chi connectivity index (χ4v) is 4.66. The molecule has 2 N–H and O–H groups in total. The predicted octanol–water partition coefficient (Wildman–Crippen LogP) is 2.81. The third-order valence-electron chi connectivity index (χ3n) is 6.24. The number of piperidine rings is 1. The quantitative estimate of drug-likeness (QED) is 0.742. The van der Waals surface area contributed by atoms with Gasteiger partial charge in [-0.25, -0.2) is 4.79 Å².